The minimum absolute atomic E-state index is 0.985. The van der Waals surface area contributed by atoms with Crippen LogP contribution in [0.1, 0.15) is 72.1 Å². The van der Waals surface area contributed by atoms with Crippen LogP contribution in [-0.2, 0) is 0 Å². The Labute approximate surface area is 103 Å². The van der Waals surface area contributed by atoms with Crippen molar-refractivity contribution in [1.82, 2.24) is 0 Å². The Bertz CT molecular complexity index is 192. The predicted molar refractivity (Wildman–Crippen MR) is 73.6 cm³/mol. The van der Waals surface area contributed by atoms with E-state index in [0.29, 0.717) is 0 Å². The Hall–Kier alpha value is -0.260. The van der Waals surface area contributed by atoms with E-state index >= 15 is 0 Å². The zero-order chi connectivity index (χ0) is 11.8. The maximum absolute atomic E-state index is 2.45. The van der Waals surface area contributed by atoms with Gasteiger partial charge >= 0.3 is 0 Å². The highest BCUT2D eigenvalue weighted by atomic mass is 14.4. The first-order valence-corrected chi connectivity index (χ1v) is 7.40. The average Bonchev–Trinajstić information content (AvgIpc) is 2.99. The highest BCUT2D eigenvalue weighted by Gasteiger charge is 2.36. The lowest BCUT2D eigenvalue weighted by Crippen LogP contribution is -1.98. The van der Waals surface area contributed by atoms with Crippen LogP contribution in [0.15, 0.2) is 12.2 Å². The molecule has 0 heteroatoms. The molecule has 1 aliphatic carbocycles. The van der Waals surface area contributed by atoms with Gasteiger partial charge in [-0.05, 0) is 43.4 Å². The minimum atomic E-state index is 0.985. The van der Waals surface area contributed by atoms with Gasteiger partial charge in [-0.1, -0.05) is 58.6 Å². The third kappa shape index (κ3) is 5.72. The standard InChI is InChI=1S/C16H30/c1-4-5-6-7-8-9-10-11-12-14(2)16-13-15(16)3/h7-8,14-16H,4-6,9-13H2,1-3H3. The van der Waals surface area contributed by atoms with Crippen LogP contribution in [0, 0.1) is 17.8 Å². The summed E-state index contributed by atoms with van der Waals surface area (Å²) < 4.78 is 0. The average molecular weight is 222 g/mol. The van der Waals surface area contributed by atoms with Gasteiger partial charge in [-0.25, -0.2) is 0 Å². The summed E-state index contributed by atoms with van der Waals surface area (Å²) in [6.07, 6.45) is 15.8. The Morgan fingerprint density at radius 1 is 1.12 bits per heavy atom. The number of hydrogen-bond donors (Lipinski definition) is 0. The van der Waals surface area contributed by atoms with Gasteiger partial charge in [0.05, 0.1) is 0 Å². The maximum Gasteiger partial charge on any atom is -0.0351 e. The van der Waals surface area contributed by atoms with Gasteiger partial charge in [0.2, 0.25) is 0 Å². The van der Waals surface area contributed by atoms with Crippen molar-refractivity contribution in [2.45, 2.75) is 72.1 Å². The fraction of sp³-hybridized carbons (Fsp3) is 0.875. The largest absolute Gasteiger partial charge is 0.0885 e. The van der Waals surface area contributed by atoms with Crippen LogP contribution in [0.2, 0.25) is 0 Å². The van der Waals surface area contributed by atoms with Crippen molar-refractivity contribution in [1.29, 1.82) is 0 Å². The Balaban J connectivity index is 1.86. The third-order valence-corrected chi connectivity index (χ3v) is 4.07. The molecule has 1 fully saturated rings. The van der Waals surface area contributed by atoms with Crippen LogP contribution in [0.3, 0.4) is 0 Å². The second kappa shape index (κ2) is 7.92. The fourth-order valence-electron chi connectivity index (χ4n) is 2.64. The fourth-order valence-corrected chi connectivity index (χ4v) is 2.64. The molecule has 1 saturated carbocycles. The normalized spacial score (nSPS) is 26.2. The van der Waals surface area contributed by atoms with E-state index in [-0.39, 0.29) is 0 Å². The second-order valence-electron chi connectivity index (χ2n) is 5.75. The van der Waals surface area contributed by atoms with Gasteiger partial charge in [0.1, 0.15) is 0 Å². The molecule has 0 aromatic rings. The van der Waals surface area contributed by atoms with Crippen LogP contribution in [0.4, 0.5) is 0 Å². The number of rotatable bonds is 9. The lowest BCUT2D eigenvalue weighted by Gasteiger charge is -2.09. The molecule has 0 aromatic heterocycles. The summed E-state index contributed by atoms with van der Waals surface area (Å²) in [7, 11) is 0. The van der Waals surface area contributed by atoms with Gasteiger partial charge in [-0.2, -0.15) is 0 Å². The molecular weight excluding hydrogens is 192 g/mol. The first kappa shape index (κ1) is 13.8. The molecule has 16 heavy (non-hydrogen) atoms. The quantitative estimate of drug-likeness (QED) is 0.352. The molecule has 94 valence electrons. The molecule has 0 saturated heterocycles. The summed E-state index contributed by atoms with van der Waals surface area (Å²) >= 11 is 0. The molecule has 3 atom stereocenters. The van der Waals surface area contributed by atoms with E-state index < -0.39 is 0 Å². The van der Waals surface area contributed by atoms with Gasteiger partial charge in [0.15, 0.2) is 0 Å². The van der Waals surface area contributed by atoms with Gasteiger partial charge < -0.3 is 0 Å². The first-order valence-electron chi connectivity index (χ1n) is 7.40. The second-order valence-corrected chi connectivity index (χ2v) is 5.75. The molecule has 1 aliphatic rings. The SMILES string of the molecule is CCCCC=CCCCCC(C)C1CC1C. The topological polar surface area (TPSA) is 0 Å². The van der Waals surface area contributed by atoms with Gasteiger partial charge in [0.25, 0.3) is 0 Å². The molecule has 0 nitrogen and oxygen atoms in total. The summed E-state index contributed by atoms with van der Waals surface area (Å²) in [4.78, 5) is 0. The van der Waals surface area contributed by atoms with E-state index in [9.17, 15) is 0 Å². The molecule has 0 spiro atoms. The Kier molecular flexibility index (Phi) is 6.84. The number of hydrogen-bond acceptors (Lipinski definition) is 0. The maximum atomic E-state index is 2.45. The molecular formula is C16H30. The van der Waals surface area contributed by atoms with Gasteiger partial charge in [-0.15, -0.1) is 0 Å². The summed E-state index contributed by atoms with van der Waals surface area (Å²) in [6, 6.07) is 0. The predicted octanol–water partition coefficient (Wildman–Crippen LogP) is 5.59. The highest BCUT2D eigenvalue weighted by molar-refractivity contribution is 4.86. The summed E-state index contributed by atoms with van der Waals surface area (Å²) in [5, 5.41) is 0. The molecule has 0 aliphatic heterocycles. The van der Waals surface area contributed by atoms with Crippen LogP contribution >= 0.6 is 0 Å². The lowest BCUT2D eigenvalue weighted by atomic mass is 9.97. The van der Waals surface area contributed by atoms with Crippen LogP contribution < -0.4 is 0 Å². The van der Waals surface area contributed by atoms with E-state index in [0.717, 1.165) is 17.8 Å². The van der Waals surface area contributed by atoms with E-state index in [1.165, 1.54) is 51.4 Å². The van der Waals surface area contributed by atoms with Crippen molar-refractivity contribution in [2.24, 2.45) is 17.8 Å². The highest BCUT2D eigenvalue weighted by Crippen LogP contribution is 2.45. The number of unbranched alkanes of at least 4 members (excludes halogenated alkanes) is 4. The Morgan fingerprint density at radius 2 is 1.75 bits per heavy atom. The molecule has 0 radical (unpaired) electrons. The first-order chi connectivity index (χ1) is 7.75. The molecule has 0 amide bonds. The molecule has 3 unspecified atom stereocenters. The molecule has 0 N–H and O–H groups in total. The smallest absolute Gasteiger partial charge is 0.0351 e. The van der Waals surface area contributed by atoms with Crippen LogP contribution in [0.25, 0.3) is 0 Å². The van der Waals surface area contributed by atoms with Crippen molar-refractivity contribution in [3.05, 3.63) is 12.2 Å². The minimum Gasteiger partial charge on any atom is -0.0885 e. The molecule has 1 rings (SSSR count). The van der Waals surface area contributed by atoms with Crippen molar-refractivity contribution in [2.75, 3.05) is 0 Å². The van der Waals surface area contributed by atoms with Crippen molar-refractivity contribution in [3.8, 4) is 0 Å². The van der Waals surface area contributed by atoms with E-state index in [4.69, 9.17) is 0 Å². The summed E-state index contributed by atoms with van der Waals surface area (Å²) in [5.41, 5.74) is 0. The lowest BCUT2D eigenvalue weighted by molar-refractivity contribution is 0.429. The molecule has 0 heterocycles. The van der Waals surface area contributed by atoms with Crippen LogP contribution in [-0.4, -0.2) is 0 Å². The number of allylic oxidation sites excluding steroid dienone is 2. The van der Waals surface area contributed by atoms with Crippen molar-refractivity contribution in [3.63, 3.8) is 0 Å². The summed E-state index contributed by atoms with van der Waals surface area (Å²) in [5.74, 6) is 3.09. The van der Waals surface area contributed by atoms with Crippen molar-refractivity contribution < 1.29 is 0 Å². The Morgan fingerprint density at radius 3 is 2.31 bits per heavy atom. The third-order valence-electron chi connectivity index (χ3n) is 4.07. The van der Waals surface area contributed by atoms with Gasteiger partial charge in [0, 0.05) is 0 Å². The van der Waals surface area contributed by atoms with Gasteiger partial charge in [-0.3, -0.25) is 0 Å². The van der Waals surface area contributed by atoms with E-state index in [1.54, 1.807) is 0 Å². The molecule has 0 bridgehead atoms. The van der Waals surface area contributed by atoms with E-state index in [1.807, 2.05) is 0 Å². The monoisotopic (exact) mass is 222 g/mol. The van der Waals surface area contributed by atoms with Crippen molar-refractivity contribution >= 4 is 0 Å². The zero-order valence-corrected chi connectivity index (χ0v) is 11.5. The molecule has 0 aromatic carbocycles. The van der Waals surface area contributed by atoms with Crippen LogP contribution in [0.5, 0.6) is 0 Å². The summed E-state index contributed by atoms with van der Waals surface area (Å²) in [6.45, 7) is 7.11. The zero-order valence-electron chi connectivity index (χ0n) is 11.5. The van der Waals surface area contributed by atoms with E-state index in [2.05, 4.69) is 32.9 Å².